The molecule has 2 rings (SSSR count). The number of carboxylic acids is 1. The normalized spacial score (nSPS) is 20.2. The topological polar surface area (TPSA) is 98.9 Å². The molecular formula is C14H17NO6. The van der Waals surface area contributed by atoms with Crippen LogP contribution in [0.1, 0.15) is 37.0 Å². The Balaban J connectivity index is 2.12. The van der Waals surface area contributed by atoms with Gasteiger partial charge >= 0.3 is 11.7 Å². The number of nitro groups is 1. The number of aromatic carboxylic acids is 1. The van der Waals surface area contributed by atoms with Gasteiger partial charge in [0.2, 0.25) is 0 Å². The molecule has 0 aromatic heterocycles. The van der Waals surface area contributed by atoms with Crippen molar-refractivity contribution in [3.8, 4) is 5.75 Å². The first-order valence-corrected chi connectivity index (χ1v) is 6.61. The summed E-state index contributed by atoms with van der Waals surface area (Å²) in [6.45, 7) is 4.11. The molecule has 0 bridgehead atoms. The van der Waals surface area contributed by atoms with Crippen LogP contribution in [0.15, 0.2) is 18.2 Å². The average molecular weight is 295 g/mol. The minimum absolute atomic E-state index is 0.0480. The summed E-state index contributed by atoms with van der Waals surface area (Å²) in [4.78, 5) is 21.3. The van der Waals surface area contributed by atoms with E-state index in [4.69, 9.17) is 14.6 Å². The van der Waals surface area contributed by atoms with Crippen LogP contribution in [0.25, 0.3) is 0 Å². The van der Waals surface area contributed by atoms with Crippen LogP contribution in [-0.4, -0.2) is 34.3 Å². The Morgan fingerprint density at radius 3 is 2.81 bits per heavy atom. The van der Waals surface area contributed by atoms with Crippen molar-refractivity contribution in [2.75, 3.05) is 6.61 Å². The van der Waals surface area contributed by atoms with Crippen LogP contribution in [0.3, 0.4) is 0 Å². The average Bonchev–Trinajstić information content (AvgIpc) is 2.75. The quantitative estimate of drug-likeness (QED) is 0.662. The van der Waals surface area contributed by atoms with E-state index in [2.05, 4.69) is 0 Å². The summed E-state index contributed by atoms with van der Waals surface area (Å²) in [7, 11) is 0. The van der Waals surface area contributed by atoms with Crippen LogP contribution in [-0.2, 0) is 4.74 Å². The summed E-state index contributed by atoms with van der Waals surface area (Å²) in [6.07, 6.45) is 1.55. The van der Waals surface area contributed by atoms with E-state index in [9.17, 15) is 14.9 Å². The number of nitrogens with zero attached hydrogens (tertiary/aromatic N) is 1. The van der Waals surface area contributed by atoms with Crippen LogP contribution >= 0.6 is 0 Å². The van der Waals surface area contributed by atoms with Crippen molar-refractivity contribution in [1.29, 1.82) is 0 Å². The van der Waals surface area contributed by atoms with Gasteiger partial charge < -0.3 is 14.6 Å². The van der Waals surface area contributed by atoms with Crippen molar-refractivity contribution < 1.29 is 24.3 Å². The van der Waals surface area contributed by atoms with E-state index in [1.165, 1.54) is 12.1 Å². The number of carbonyl (C=O) groups is 1. The molecule has 1 aliphatic heterocycles. The first-order chi connectivity index (χ1) is 9.78. The molecule has 114 valence electrons. The Morgan fingerprint density at radius 2 is 2.29 bits per heavy atom. The number of nitro benzene ring substituents is 1. The highest BCUT2D eigenvalue weighted by molar-refractivity contribution is 5.88. The lowest BCUT2D eigenvalue weighted by atomic mass is 10.1. The molecule has 0 aliphatic carbocycles. The van der Waals surface area contributed by atoms with E-state index < -0.39 is 10.9 Å². The van der Waals surface area contributed by atoms with E-state index in [1.807, 2.05) is 13.8 Å². The number of carboxylic acid groups (broad SMARTS) is 1. The van der Waals surface area contributed by atoms with Gasteiger partial charge in [-0.15, -0.1) is 0 Å². The number of hydrogen-bond acceptors (Lipinski definition) is 5. The summed E-state index contributed by atoms with van der Waals surface area (Å²) >= 11 is 0. The Kier molecular flexibility index (Phi) is 4.13. The zero-order chi connectivity index (χ0) is 15.6. The molecule has 0 spiro atoms. The Labute approximate surface area is 121 Å². The second-order valence-corrected chi connectivity index (χ2v) is 5.59. The third kappa shape index (κ3) is 3.69. The zero-order valence-corrected chi connectivity index (χ0v) is 11.9. The largest absolute Gasteiger partial charge is 0.484 e. The maximum atomic E-state index is 10.9. The number of hydrogen-bond donors (Lipinski definition) is 1. The second kappa shape index (κ2) is 5.69. The van der Waals surface area contributed by atoms with Gasteiger partial charge in [0.05, 0.1) is 22.2 Å². The van der Waals surface area contributed by atoms with Crippen molar-refractivity contribution in [2.45, 2.75) is 38.4 Å². The van der Waals surface area contributed by atoms with Gasteiger partial charge in [0.25, 0.3) is 0 Å². The van der Waals surface area contributed by atoms with Crippen molar-refractivity contribution in [2.24, 2.45) is 0 Å². The van der Waals surface area contributed by atoms with Gasteiger partial charge in [0.1, 0.15) is 6.61 Å². The fraction of sp³-hybridized carbons (Fsp3) is 0.500. The highest BCUT2D eigenvalue weighted by Gasteiger charge is 2.32. The molecule has 0 radical (unpaired) electrons. The predicted molar refractivity (Wildman–Crippen MR) is 73.7 cm³/mol. The standard InChI is InChI=1S/C14H17NO6/c1-14(2)6-5-10(21-14)8-20-12-7-9(13(16)17)3-4-11(12)15(18)19/h3-4,7,10H,5-6,8H2,1-2H3,(H,16,17). The van der Waals surface area contributed by atoms with E-state index in [0.29, 0.717) is 0 Å². The van der Waals surface area contributed by atoms with Gasteiger partial charge in [-0.3, -0.25) is 10.1 Å². The lowest BCUT2D eigenvalue weighted by Crippen LogP contribution is -2.24. The molecule has 1 aromatic carbocycles. The maximum absolute atomic E-state index is 10.9. The molecule has 7 heteroatoms. The Hall–Kier alpha value is -2.15. The number of benzene rings is 1. The SMILES string of the molecule is CC1(C)CCC(COc2cc(C(=O)O)ccc2[N+](=O)[O-])O1. The van der Waals surface area contributed by atoms with Gasteiger partial charge in [-0.05, 0) is 32.8 Å². The van der Waals surface area contributed by atoms with Crippen LogP contribution in [0, 0.1) is 10.1 Å². The van der Waals surface area contributed by atoms with Crippen molar-refractivity contribution in [3.05, 3.63) is 33.9 Å². The van der Waals surface area contributed by atoms with Gasteiger partial charge in [0, 0.05) is 12.1 Å². The lowest BCUT2D eigenvalue weighted by molar-refractivity contribution is -0.385. The molecule has 0 saturated carbocycles. The summed E-state index contributed by atoms with van der Waals surface area (Å²) in [5.41, 5.74) is -0.524. The minimum Gasteiger partial charge on any atom is -0.484 e. The highest BCUT2D eigenvalue weighted by atomic mass is 16.6. The van der Waals surface area contributed by atoms with E-state index >= 15 is 0 Å². The Morgan fingerprint density at radius 1 is 1.57 bits per heavy atom. The molecule has 1 saturated heterocycles. The third-order valence-electron chi connectivity index (χ3n) is 3.38. The predicted octanol–water partition coefficient (Wildman–Crippen LogP) is 2.63. The zero-order valence-electron chi connectivity index (χ0n) is 11.9. The molecule has 21 heavy (non-hydrogen) atoms. The monoisotopic (exact) mass is 295 g/mol. The summed E-state index contributed by atoms with van der Waals surface area (Å²) < 4.78 is 11.2. The van der Waals surface area contributed by atoms with Crippen LogP contribution < -0.4 is 4.74 Å². The van der Waals surface area contributed by atoms with E-state index in [1.54, 1.807) is 0 Å². The molecule has 0 amide bonds. The summed E-state index contributed by atoms with van der Waals surface area (Å²) in [5.74, 6) is -1.21. The lowest BCUT2D eigenvalue weighted by Gasteiger charge is -2.19. The fourth-order valence-electron chi connectivity index (χ4n) is 2.29. The molecule has 1 N–H and O–H groups in total. The van der Waals surface area contributed by atoms with Crippen molar-refractivity contribution in [1.82, 2.24) is 0 Å². The molecule has 1 unspecified atom stereocenters. The summed E-state index contributed by atoms with van der Waals surface area (Å²) in [6, 6.07) is 3.49. The Bertz CT molecular complexity index is 569. The summed E-state index contributed by atoms with van der Waals surface area (Å²) in [5, 5.41) is 19.9. The third-order valence-corrected chi connectivity index (χ3v) is 3.38. The van der Waals surface area contributed by atoms with Crippen molar-refractivity contribution >= 4 is 11.7 Å². The molecule has 1 aliphatic rings. The smallest absolute Gasteiger partial charge is 0.335 e. The maximum Gasteiger partial charge on any atom is 0.335 e. The van der Waals surface area contributed by atoms with Gasteiger partial charge in [0.15, 0.2) is 5.75 Å². The van der Waals surface area contributed by atoms with Crippen LogP contribution in [0.2, 0.25) is 0 Å². The van der Waals surface area contributed by atoms with Gasteiger partial charge in [-0.2, -0.15) is 0 Å². The van der Waals surface area contributed by atoms with E-state index in [0.717, 1.165) is 18.9 Å². The molecular weight excluding hydrogens is 278 g/mol. The van der Waals surface area contributed by atoms with Crippen LogP contribution in [0.5, 0.6) is 5.75 Å². The first kappa shape index (κ1) is 15.2. The second-order valence-electron chi connectivity index (χ2n) is 5.59. The molecule has 1 aromatic rings. The van der Waals surface area contributed by atoms with Gasteiger partial charge in [-0.25, -0.2) is 4.79 Å². The minimum atomic E-state index is -1.16. The van der Waals surface area contributed by atoms with E-state index in [-0.39, 0.29) is 35.3 Å². The number of ether oxygens (including phenoxy) is 2. The molecule has 1 fully saturated rings. The molecule has 1 heterocycles. The first-order valence-electron chi connectivity index (χ1n) is 6.61. The highest BCUT2D eigenvalue weighted by Crippen LogP contribution is 2.32. The fourth-order valence-corrected chi connectivity index (χ4v) is 2.29. The number of rotatable bonds is 5. The molecule has 7 nitrogen and oxygen atoms in total. The van der Waals surface area contributed by atoms with Gasteiger partial charge in [-0.1, -0.05) is 0 Å². The van der Waals surface area contributed by atoms with Crippen LogP contribution in [0.4, 0.5) is 5.69 Å². The van der Waals surface area contributed by atoms with Crippen molar-refractivity contribution in [3.63, 3.8) is 0 Å². The molecule has 1 atom stereocenters.